The third kappa shape index (κ3) is 3.28. The summed E-state index contributed by atoms with van der Waals surface area (Å²) < 4.78 is 13.1. The molecule has 0 aromatic heterocycles. The highest BCUT2D eigenvalue weighted by molar-refractivity contribution is 9.10. The molecule has 0 radical (unpaired) electrons. The van der Waals surface area contributed by atoms with Crippen LogP contribution < -0.4 is 9.47 Å². The van der Waals surface area contributed by atoms with E-state index < -0.39 is 0 Å². The van der Waals surface area contributed by atoms with Crippen molar-refractivity contribution < 1.29 is 9.47 Å². The van der Waals surface area contributed by atoms with Crippen LogP contribution in [0, 0.1) is 0 Å². The largest absolute Gasteiger partial charge is 0.496 e. The van der Waals surface area contributed by atoms with Gasteiger partial charge in [0.2, 0.25) is 6.23 Å². The molecule has 2 aliphatic heterocycles. The summed E-state index contributed by atoms with van der Waals surface area (Å²) in [7, 11) is 1.68. The molecule has 3 aromatic rings. The van der Waals surface area contributed by atoms with Crippen molar-refractivity contribution in [3.8, 4) is 11.5 Å². The lowest BCUT2D eigenvalue weighted by molar-refractivity contribution is -0.0203. The lowest BCUT2D eigenvalue weighted by Crippen LogP contribution is -2.34. The number of benzene rings is 3. The second-order valence-electron chi connectivity index (χ2n) is 7.05. The summed E-state index contributed by atoms with van der Waals surface area (Å²) in [6.07, 6.45) is 0.426. The second kappa shape index (κ2) is 7.39. The van der Waals surface area contributed by atoms with Crippen molar-refractivity contribution in [1.82, 2.24) is 5.01 Å². The van der Waals surface area contributed by atoms with Gasteiger partial charge >= 0.3 is 0 Å². The molecule has 0 aliphatic carbocycles. The van der Waals surface area contributed by atoms with E-state index >= 15 is 0 Å². The highest BCUT2D eigenvalue weighted by atomic mass is 79.9. The summed E-state index contributed by atoms with van der Waals surface area (Å²) in [4.78, 5) is 0. The summed E-state index contributed by atoms with van der Waals surface area (Å²) >= 11 is 9.66. The van der Waals surface area contributed by atoms with Gasteiger partial charge in [0.05, 0.1) is 24.4 Å². The van der Waals surface area contributed by atoms with Crippen molar-refractivity contribution in [2.75, 3.05) is 7.11 Å². The quantitative estimate of drug-likeness (QED) is 0.448. The van der Waals surface area contributed by atoms with E-state index in [9.17, 15) is 0 Å². The number of halogens is 2. The predicted molar refractivity (Wildman–Crippen MR) is 118 cm³/mol. The van der Waals surface area contributed by atoms with Gasteiger partial charge in [0, 0.05) is 21.5 Å². The number of methoxy groups -OCH3 is 1. The van der Waals surface area contributed by atoms with Crippen molar-refractivity contribution in [2.45, 2.75) is 18.7 Å². The zero-order valence-corrected chi connectivity index (χ0v) is 18.0. The van der Waals surface area contributed by atoms with Gasteiger partial charge in [0.15, 0.2) is 0 Å². The lowest BCUT2D eigenvalue weighted by atomic mass is 9.96. The van der Waals surface area contributed by atoms with Crippen LogP contribution in [-0.4, -0.2) is 17.8 Å². The van der Waals surface area contributed by atoms with Crippen LogP contribution in [0.5, 0.6) is 11.5 Å². The highest BCUT2D eigenvalue weighted by Gasteiger charge is 2.42. The molecule has 0 spiro atoms. The van der Waals surface area contributed by atoms with E-state index in [0.29, 0.717) is 0 Å². The van der Waals surface area contributed by atoms with Gasteiger partial charge in [-0.1, -0.05) is 51.8 Å². The Bertz CT molecular complexity index is 1100. The Morgan fingerprint density at radius 3 is 2.66 bits per heavy atom. The normalized spacial score (nSPS) is 19.8. The number of fused-ring (bicyclic) bond motifs is 3. The van der Waals surface area contributed by atoms with E-state index in [1.54, 1.807) is 7.11 Å². The Labute approximate surface area is 182 Å². The van der Waals surface area contributed by atoms with E-state index in [1.807, 2.05) is 60.7 Å². The molecule has 4 nitrogen and oxygen atoms in total. The Hall–Kier alpha value is -2.50. The van der Waals surface area contributed by atoms with Crippen LogP contribution >= 0.6 is 27.5 Å². The molecule has 146 valence electrons. The van der Waals surface area contributed by atoms with Crippen LogP contribution in [0.3, 0.4) is 0 Å². The molecule has 0 bridgehead atoms. The first-order valence-corrected chi connectivity index (χ1v) is 10.5. The smallest absolute Gasteiger partial charge is 0.217 e. The zero-order valence-electron chi connectivity index (χ0n) is 15.7. The highest BCUT2D eigenvalue weighted by Crippen LogP contribution is 2.49. The summed E-state index contributed by atoms with van der Waals surface area (Å²) in [5.74, 6) is 1.66. The first kappa shape index (κ1) is 18.5. The number of hydrogen-bond acceptors (Lipinski definition) is 4. The van der Waals surface area contributed by atoms with E-state index in [4.69, 9.17) is 26.2 Å². The minimum absolute atomic E-state index is 0.0804. The van der Waals surface area contributed by atoms with Crippen molar-refractivity contribution >= 4 is 33.2 Å². The summed E-state index contributed by atoms with van der Waals surface area (Å²) in [5, 5.41) is 7.75. The number of rotatable bonds is 3. The average molecular weight is 470 g/mol. The SMILES string of the molecule is COc1ccccc1[C@@H]1Oc2ccc(Br)cc2[C@@H]2CC(c3ccc(Cl)cc3)=NN21. The fraction of sp³-hybridized carbons (Fsp3) is 0.174. The first-order chi connectivity index (χ1) is 14.1. The molecule has 0 unspecified atom stereocenters. The molecule has 29 heavy (non-hydrogen) atoms. The molecule has 2 aliphatic rings. The van der Waals surface area contributed by atoms with Crippen molar-refractivity contribution in [1.29, 1.82) is 0 Å². The fourth-order valence-corrected chi connectivity index (χ4v) is 4.46. The number of hydrazone groups is 1. The van der Waals surface area contributed by atoms with Gasteiger partial charge in [-0.05, 0) is 48.0 Å². The average Bonchev–Trinajstić information content (AvgIpc) is 3.19. The van der Waals surface area contributed by atoms with Crippen LogP contribution in [0.2, 0.25) is 5.02 Å². The molecule has 0 saturated heterocycles. The molecule has 5 rings (SSSR count). The van der Waals surface area contributed by atoms with Gasteiger partial charge < -0.3 is 9.47 Å². The molecule has 6 heteroatoms. The van der Waals surface area contributed by atoms with E-state index in [1.165, 1.54) is 0 Å². The summed E-state index contributed by atoms with van der Waals surface area (Å²) in [5.41, 5.74) is 4.16. The third-order valence-electron chi connectivity index (χ3n) is 5.33. The van der Waals surface area contributed by atoms with E-state index in [2.05, 4.69) is 27.0 Å². The van der Waals surface area contributed by atoms with Gasteiger partial charge in [-0.2, -0.15) is 5.10 Å². The maximum Gasteiger partial charge on any atom is 0.217 e. The number of para-hydroxylation sites is 1. The summed E-state index contributed by atoms with van der Waals surface area (Å²) in [6, 6.07) is 22.0. The van der Waals surface area contributed by atoms with Crippen LogP contribution in [0.15, 0.2) is 76.3 Å². The Kier molecular flexibility index (Phi) is 4.72. The van der Waals surface area contributed by atoms with E-state index in [0.717, 1.165) is 49.8 Å². The van der Waals surface area contributed by atoms with Crippen LogP contribution in [0.1, 0.15) is 35.4 Å². The Morgan fingerprint density at radius 2 is 1.86 bits per heavy atom. The Morgan fingerprint density at radius 1 is 1.07 bits per heavy atom. The second-order valence-corrected chi connectivity index (χ2v) is 8.40. The molecular formula is C23H18BrClN2O2. The fourth-order valence-electron chi connectivity index (χ4n) is 3.95. The molecule has 0 amide bonds. The monoisotopic (exact) mass is 468 g/mol. The summed E-state index contributed by atoms with van der Waals surface area (Å²) in [6.45, 7) is 0. The molecular weight excluding hydrogens is 452 g/mol. The molecule has 0 fully saturated rings. The van der Waals surface area contributed by atoms with Gasteiger partial charge in [-0.15, -0.1) is 0 Å². The predicted octanol–water partition coefficient (Wildman–Crippen LogP) is 6.35. The molecule has 0 saturated carbocycles. The molecule has 0 N–H and O–H groups in total. The number of hydrogen-bond donors (Lipinski definition) is 0. The molecule has 2 atom stereocenters. The van der Waals surface area contributed by atoms with Crippen LogP contribution in [0.4, 0.5) is 0 Å². The van der Waals surface area contributed by atoms with Gasteiger partial charge in [-0.3, -0.25) is 0 Å². The van der Waals surface area contributed by atoms with Crippen LogP contribution in [0.25, 0.3) is 0 Å². The molecule has 3 aromatic carbocycles. The van der Waals surface area contributed by atoms with Crippen molar-refractivity contribution in [2.24, 2.45) is 5.10 Å². The van der Waals surface area contributed by atoms with Crippen molar-refractivity contribution in [3.05, 3.63) is 92.9 Å². The minimum Gasteiger partial charge on any atom is -0.496 e. The van der Waals surface area contributed by atoms with Gasteiger partial charge in [-0.25, -0.2) is 5.01 Å². The minimum atomic E-state index is -0.366. The molecule has 2 heterocycles. The zero-order chi connectivity index (χ0) is 20.0. The third-order valence-corrected chi connectivity index (χ3v) is 6.08. The topological polar surface area (TPSA) is 34.1 Å². The Balaban J connectivity index is 1.62. The van der Waals surface area contributed by atoms with Gasteiger partial charge in [0.25, 0.3) is 0 Å². The van der Waals surface area contributed by atoms with Crippen LogP contribution in [-0.2, 0) is 0 Å². The first-order valence-electron chi connectivity index (χ1n) is 9.35. The maximum atomic E-state index is 6.43. The lowest BCUT2D eigenvalue weighted by Gasteiger charge is -2.38. The standard InChI is InChI=1S/C23H18BrClN2O2/c1-28-21-5-3-2-4-17(21)23-27-20(18-12-15(24)8-11-22(18)29-23)13-19(26-27)14-6-9-16(25)10-7-14/h2-12,20,23H,13H2,1H3/t20-,23-/m0/s1. The van der Waals surface area contributed by atoms with Gasteiger partial charge in [0.1, 0.15) is 11.5 Å². The maximum absolute atomic E-state index is 6.43. The number of nitrogens with zero attached hydrogens (tertiary/aromatic N) is 2. The number of ether oxygens (including phenoxy) is 2. The van der Waals surface area contributed by atoms with E-state index in [-0.39, 0.29) is 12.3 Å². The van der Waals surface area contributed by atoms with Crippen molar-refractivity contribution in [3.63, 3.8) is 0 Å².